The Balaban J connectivity index is 0.00000161. The number of para-hydroxylation sites is 1. The Bertz CT molecular complexity index is 535. The number of fused-ring (bicyclic) bond motifs is 1. The molecule has 114 valence electrons. The molecule has 0 aliphatic carbocycles. The molecule has 1 saturated heterocycles. The first-order valence-corrected chi connectivity index (χ1v) is 7.12. The quantitative estimate of drug-likeness (QED) is 0.892. The fraction of sp³-hybridized carbons (Fsp3) is 0.467. The fourth-order valence-corrected chi connectivity index (χ4v) is 2.84. The van der Waals surface area contributed by atoms with Gasteiger partial charge >= 0.3 is 0 Å². The summed E-state index contributed by atoms with van der Waals surface area (Å²) in [6, 6.07) is 7.95. The monoisotopic (exact) mass is 309 g/mol. The third-order valence-corrected chi connectivity index (χ3v) is 3.91. The van der Waals surface area contributed by atoms with Crippen LogP contribution in [0, 0.1) is 0 Å². The van der Waals surface area contributed by atoms with Crippen molar-refractivity contribution in [3.8, 4) is 0 Å². The minimum atomic E-state index is 0. The molecule has 0 bridgehead atoms. The van der Waals surface area contributed by atoms with Crippen molar-refractivity contribution >= 4 is 29.9 Å². The Hall–Kier alpha value is -1.59. The average molecular weight is 310 g/mol. The minimum absolute atomic E-state index is 0. The van der Waals surface area contributed by atoms with E-state index in [1.807, 2.05) is 24.3 Å². The van der Waals surface area contributed by atoms with E-state index in [1.165, 1.54) is 0 Å². The smallest absolute Gasteiger partial charge is 0.246 e. The van der Waals surface area contributed by atoms with Gasteiger partial charge in [0, 0.05) is 38.3 Å². The molecule has 1 aromatic carbocycles. The number of nitrogens with one attached hydrogen (secondary N) is 1. The lowest BCUT2D eigenvalue weighted by Crippen LogP contribution is -2.42. The van der Waals surface area contributed by atoms with Gasteiger partial charge < -0.3 is 15.1 Å². The minimum Gasteiger partial charge on any atom is -0.333 e. The number of benzene rings is 1. The molecule has 2 aliphatic rings. The van der Waals surface area contributed by atoms with Crippen LogP contribution in [-0.4, -0.2) is 42.9 Å². The molecule has 0 unspecified atom stereocenters. The second-order valence-corrected chi connectivity index (χ2v) is 5.27. The number of carbonyl (C=O) groups is 2. The maximum atomic E-state index is 12.5. The van der Waals surface area contributed by atoms with Crippen LogP contribution in [0.2, 0.25) is 0 Å². The Morgan fingerprint density at radius 2 is 2.05 bits per heavy atom. The lowest BCUT2D eigenvalue weighted by molar-refractivity contribution is -0.132. The number of likely N-dealkylation sites (tertiary alicyclic amines) is 1. The third-order valence-electron chi connectivity index (χ3n) is 3.91. The summed E-state index contributed by atoms with van der Waals surface area (Å²) in [7, 11) is 0. The lowest BCUT2D eigenvalue weighted by Gasteiger charge is -2.25. The average Bonchev–Trinajstić information content (AvgIpc) is 2.75. The van der Waals surface area contributed by atoms with Crippen molar-refractivity contribution in [2.75, 3.05) is 31.1 Å². The molecule has 1 N–H and O–H groups in total. The van der Waals surface area contributed by atoms with Crippen LogP contribution in [-0.2, 0) is 16.1 Å². The highest BCUT2D eigenvalue weighted by Gasteiger charge is 2.26. The lowest BCUT2D eigenvalue weighted by atomic mass is 10.1. The zero-order valence-electron chi connectivity index (χ0n) is 11.9. The molecule has 0 radical (unpaired) electrons. The first-order chi connectivity index (χ1) is 9.75. The molecular weight excluding hydrogens is 290 g/mol. The summed E-state index contributed by atoms with van der Waals surface area (Å²) in [6.07, 6.45) is 1.44. The number of halogens is 1. The van der Waals surface area contributed by atoms with Crippen LogP contribution in [0.15, 0.2) is 24.3 Å². The van der Waals surface area contributed by atoms with E-state index in [0.29, 0.717) is 19.5 Å². The van der Waals surface area contributed by atoms with Crippen LogP contribution in [0.4, 0.5) is 5.69 Å². The summed E-state index contributed by atoms with van der Waals surface area (Å²) < 4.78 is 0. The number of nitrogens with zero attached hydrogens (tertiary/aromatic N) is 2. The SMILES string of the molecule is Cl.O=C1CCCN1CC(=O)N1CCNCc2ccccc21. The van der Waals surface area contributed by atoms with Crippen molar-refractivity contribution in [1.29, 1.82) is 0 Å². The van der Waals surface area contributed by atoms with E-state index < -0.39 is 0 Å². The molecule has 0 aromatic heterocycles. The first-order valence-electron chi connectivity index (χ1n) is 7.12. The van der Waals surface area contributed by atoms with Gasteiger partial charge in [0.1, 0.15) is 6.54 Å². The molecule has 2 amide bonds. The topological polar surface area (TPSA) is 52.7 Å². The van der Waals surface area contributed by atoms with E-state index >= 15 is 0 Å². The van der Waals surface area contributed by atoms with Crippen LogP contribution in [0.5, 0.6) is 0 Å². The van der Waals surface area contributed by atoms with Crippen molar-refractivity contribution in [2.24, 2.45) is 0 Å². The van der Waals surface area contributed by atoms with Gasteiger partial charge in [0.25, 0.3) is 0 Å². The van der Waals surface area contributed by atoms with E-state index in [9.17, 15) is 9.59 Å². The number of hydrogen-bond acceptors (Lipinski definition) is 3. The van der Waals surface area contributed by atoms with E-state index in [2.05, 4.69) is 5.32 Å². The largest absolute Gasteiger partial charge is 0.333 e. The number of amides is 2. The molecule has 0 atom stereocenters. The highest BCUT2D eigenvalue weighted by Crippen LogP contribution is 2.22. The van der Waals surface area contributed by atoms with Crippen LogP contribution in [0.25, 0.3) is 0 Å². The highest BCUT2D eigenvalue weighted by atomic mass is 35.5. The highest BCUT2D eigenvalue weighted by molar-refractivity contribution is 5.97. The van der Waals surface area contributed by atoms with Crippen molar-refractivity contribution in [3.05, 3.63) is 29.8 Å². The normalized spacial score (nSPS) is 18.0. The Morgan fingerprint density at radius 1 is 1.24 bits per heavy atom. The third kappa shape index (κ3) is 3.36. The Labute approximate surface area is 130 Å². The van der Waals surface area contributed by atoms with Gasteiger partial charge in [-0.15, -0.1) is 12.4 Å². The molecule has 3 rings (SSSR count). The Morgan fingerprint density at radius 3 is 2.81 bits per heavy atom. The zero-order valence-corrected chi connectivity index (χ0v) is 12.7. The predicted molar refractivity (Wildman–Crippen MR) is 83.6 cm³/mol. The molecular formula is C15H20ClN3O2. The summed E-state index contributed by atoms with van der Waals surface area (Å²) in [5.41, 5.74) is 2.10. The van der Waals surface area contributed by atoms with Crippen LogP contribution in [0.1, 0.15) is 18.4 Å². The van der Waals surface area contributed by atoms with E-state index in [0.717, 1.165) is 30.8 Å². The molecule has 6 heteroatoms. The van der Waals surface area contributed by atoms with Crippen molar-refractivity contribution in [2.45, 2.75) is 19.4 Å². The fourth-order valence-electron chi connectivity index (χ4n) is 2.84. The molecule has 0 spiro atoms. The standard InChI is InChI=1S/C15H19N3O2.ClH/c19-14-6-3-8-17(14)11-15(20)18-9-7-16-10-12-4-1-2-5-13(12)18;/h1-2,4-5,16H,3,6-11H2;1H. The van der Waals surface area contributed by atoms with Gasteiger partial charge in [0.05, 0.1) is 0 Å². The van der Waals surface area contributed by atoms with Gasteiger partial charge in [0.15, 0.2) is 0 Å². The van der Waals surface area contributed by atoms with Gasteiger partial charge in [-0.3, -0.25) is 9.59 Å². The molecule has 0 saturated carbocycles. The summed E-state index contributed by atoms with van der Waals surface area (Å²) in [6.45, 7) is 3.11. The predicted octanol–water partition coefficient (Wildman–Crippen LogP) is 1.17. The number of rotatable bonds is 2. The summed E-state index contributed by atoms with van der Waals surface area (Å²) in [5.74, 6) is 0.107. The second-order valence-electron chi connectivity index (χ2n) is 5.27. The van der Waals surface area contributed by atoms with Crippen LogP contribution in [0.3, 0.4) is 0 Å². The maximum absolute atomic E-state index is 12.5. The van der Waals surface area contributed by atoms with Crippen LogP contribution >= 0.6 is 12.4 Å². The zero-order chi connectivity index (χ0) is 13.9. The van der Waals surface area contributed by atoms with Gasteiger partial charge in [-0.05, 0) is 18.1 Å². The molecule has 21 heavy (non-hydrogen) atoms. The first kappa shape index (κ1) is 15.8. The van der Waals surface area contributed by atoms with E-state index in [1.54, 1.807) is 9.80 Å². The van der Waals surface area contributed by atoms with Gasteiger partial charge in [-0.2, -0.15) is 0 Å². The molecule has 2 aliphatic heterocycles. The molecule has 1 fully saturated rings. The van der Waals surface area contributed by atoms with Crippen molar-refractivity contribution in [3.63, 3.8) is 0 Å². The molecule has 1 aromatic rings. The Kier molecular flexibility index (Phi) is 5.20. The molecule has 5 nitrogen and oxygen atoms in total. The number of anilines is 1. The van der Waals surface area contributed by atoms with Gasteiger partial charge in [-0.25, -0.2) is 0 Å². The molecule has 2 heterocycles. The van der Waals surface area contributed by atoms with Gasteiger partial charge in [0.2, 0.25) is 11.8 Å². The maximum Gasteiger partial charge on any atom is 0.246 e. The van der Waals surface area contributed by atoms with Crippen LogP contribution < -0.4 is 10.2 Å². The summed E-state index contributed by atoms with van der Waals surface area (Å²) in [5, 5.41) is 3.32. The van der Waals surface area contributed by atoms with E-state index in [4.69, 9.17) is 0 Å². The van der Waals surface area contributed by atoms with Crippen molar-refractivity contribution in [1.82, 2.24) is 10.2 Å². The summed E-state index contributed by atoms with van der Waals surface area (Å²) >= 11 is 0. The number of hydrogen-bond donors (Lipinski definition) is 1. The number of carbonyl (C=O) groups excluding carboxylic acids is 2. The van der Waals surface area contributed by atoms with Crippen molar-refractivity contribution < 1.29 is 9.59 Å². The van der Waals surface area contributed by atoms with E-state index in [-0.39, 0.29) is 30.8 Å². The summed E-state index contributed by atoms with van der Waals surface area (Å²) in [4.78, 5) is 27.6. The second kappa shape index (κ2) is 6.91. The van der Waals surface area contributed by atoms with Gasteiger partial charge in [-0.1, -0.05) is 18.2 Å².